The Balaban J connectivity index is 1.79. The van der Waals surface area contributed by atoms with Gasteiger partial charge in [0.15, 0.2) is 0 Å². The Morgan fingerprint density at radius 2 is 2.00 bits per heavy atom. The van der Waals surface area contributed by atoms with Crippen molar-refractivity contribution in [2.45, 2.75) is 32.2 Å². The molecule has 2 N–H and O–H groups in total. The highest BCUT2D eigenvalue weighted by molar-refractivity contribution is 6.36. The van der Waals surface area contributed by atoms with Crippen molar-refractivity contribution in [2.75, 3.05) is 6.61 Å². The topological polar surface area (TPSA) is 66.7 Å². The van der Waals surface area contributed by atoms with Gasteiger partial charge in [-0.05, 0) is 43.2 Å². The minimum Gasteiger partial charge on any atom is -0.394 e. The van der Waals surface area contributed by atoms with Crippen molar-refractivity contribution in [3.8, 4) is 11.1 Å². The van der Waals surface area contributed by atoms with Gasteiger partial charge in [0.05, 0.1) is 23.4 Å². The molecule has 4 rings (SSSR count). The minimum atomic E-state index is -0.506. The van der Waals surface area contributed by atoms with Gasteiger partial charge < -0.3 is 10.1 Å². The van der Waals surface area contributed by atoms with Crippen LogP contribution in [0.25, 0.3) is 22.2 Å². The lowest BCUT2D eigenvalue weighted by Crippen LogP contribution is -2.30. The molecule has 0 saturated heterocycles. The zero-order valence-corrected chi connectivity index (χ0v) is 18.3. The Bertz CT molecular complexity index is 1230. The summed E-state index contributed by atoms with van der Waals surface area (Å²) >= 11 is 12.6. The van der Waals surface area contributed by atoms with Gasteiger partial charge in [-0.1, -0.05) is 30.1 Å². The minimum absolute atomic E-state index is 0.0277. The molecule has 0 aliphatic carbocycles. The molecule has 4 aromatic rings. The van der Waals surface area contributed by atoms with Crippen LogP contribution in [0.5, 0.6) is 0 Å². The second-order valence-corrected chi connectivity index (χ2v) is 8.77. The fourth-order valence-corrected chi connectivity index (χ4v) is 4.21. The molecule has 1 aromatic carbocycles. The van der Waals surface area contributed by atoms with Gasteiger partial charge in [-0.3, -0.25) is 4.68 Å². The maximum absolute atomic E-state index is 14.1. The number of pyridine rings is 1. The monoisotopic (exact) mass is 446 g/mol. The summed E-state index contributed by atoms with van der Waals surface area (Å²) in [5.41, 5.74) is 3.43. The number of nitrogens with zero attached hydrogens (tertiary/aromatic N) is 3. The molecule has 1 atom stereocenters. The number of aromatic amines is 1. The average molecular weight is 447 g/mol. The van der Waals surface area contributed by atoms with Crippen LogP contribution in [0.4, 0.5) is 4.39 Å². The largest absolute Gasteiger partial charge is 0.394 e. The summed E-state index contributed by atoms with van der Waals surface area (Å²) in [6.07, 6.45) is 7.25. The molecule has 0 saturated carbocycles. The van der Waals surface area contributed by atoms with Crippen molar-refractivity contribution >= 4 is 34.2 Å². The first-order valence-electron chi connectivity index (χ1n) is 9.49. The number of aromatic nitrogens is 4. The quantitative estimate of drug-likeness (QED) is 0.383. The van der Waals surface area contributed by atoms with E-state index in [1.165, 1.54) is 12.1 Å². The Labute approximate surface area is 183 Å². The highest BCUT2D eigenvalue weighted by atomic mass is 35.5. The van der Waals surface area contributed by atoms with Crippen molar-refractivity contribution < 1.29 is 9.50 Å². The SMILES string of the molecule is C[C@H](c1c(Cl)ccc(F)c1Cl)c1c[nH]c2ncc(-c3cnn(C(C)(C)CO)c3)cc12. The predicted molar refractivity (Wildman–Crippen MR) is 118 cm³/mol. The van der Waals surface area contributed by atoms with Crippen LogP contribution in [-0.2, 0) is 5.54 Å². The molecule has 0 amide bonds. The number of hydrogen-bond donors (Lipinski definition) is 2. The molecule has 0 unspecified atom stereocenters. The molecule has 3 heterocycles. The molecule has 0 spiro atoms. The van der Waals surface area contributed by atoms with Gasteiger partial charge >= 0.3 is 0 Å². The molecule has 0 fully saturated rings. The van der Waals surface area contributed by atoms with E-state index in [1.807, 2.05) is 39.2 Å². The number of aliphatic hydroxyl groups excluding tert-OH is 1. The molecule has 0 bridgehead atoms. The summed E-state index contributed by atoms with van der Waals surface area (Å²) in [6.45, 7) is 5.72. The fourth-order valence-electron chi connectivity index (χ4n) is 3.51. The number of hydrogen-bond acceptors (Lipinski definition) is 3. The maximum Gasteiger partial charge on any atom is 0.142 e. The summed E-state index contributed by atoms with van der Waals surface area (Å²) in [4.78, 5) is 7.69. The molecule has 156 valence electrons. The highest BCUT2D eigenvalue weighted by Gasteiger charge is 2.23. The number of fused-ring (bicyclic) bond motifs is 1. The van der Waals surface area contributed by atoms with Gasteiger partial charge in [-0.15, -0.1) is 0 Å². The first-order chi connectivity index (χ1) is 14.2. The van der Waals surface area contributed by atoms with Crippen molar-refractivity contribution in [3.05, 3.63) is 70.0 Å². The maximum atomic E-state index is 14.1. The zero-order chi connectivity index (χ0) is 21.6. The van der Waals surface area contributed by atoms with Gasteiger partial charge in [0.2, 0.25) is 0 Å². The number of aliphatic hydroxyl groups is 1. The smallest absolute Gasteiger partial charge is 0.142 e. The number of rotatable bonds is 5. The van der Waals surface area contributed by atoms with Crippen molar-refractivity contribution in [3.63, 3.8) is 0 Å². The van der Waals surface area contributed by atoms with Crippen molar-refractivity contribution in [1.29, 1.82) is 0 Å². The molecule has 0 radical (unpaired) electrons. The van der Waals surface area contributed by atoms with Crippen molar-refractivity contribution in [2.24, 2.45) is 0 Å². The van der Waals surface area contributed by atoms with E-state index in [9.17, 15) is 9.50 Å². The summed E-state index contributed by atoms with van der Waals surface area (Å²) in [5.74, 6) is -0.747. The molecule has 8 heteroatoms. The third kappa shape index (κ3) is 3.49. The van der Waals surface area contributed by atoms with Crippen molar-refractivity contribution in [1.82, 2.24) is 19.7 Å². The molecule has 3 aromatic heterocycles. The van der Waals surface area contributed by atoms with Crippen LogP contribution in [-0.4, -0.2) is 31.5 Å². The van der Waals surface area contributed by atoms with Gasteiger partial charge in [0, 0.05) is 46.0 Å². The van der Waals surface area contributed by atoms with Crippen LogP contribution in [0.3, 0.4) is 0 Å². The Morgan fingerprint density at radius 3 is 2.73 bits per heavy atom. The summed E-state index contributed by atoms with van der Waals surface area (Å²) < 4.78 is 15.8. The number of halogens is 3. The molecule has 0 aliphatic heterocycles. The van der Waals surface area contributed by atoms with E-state index in [0.29, 0.717) is 16.2 Å². The van der Waals surface area contributed by atoms with Crippen LogP contribution in [0.15, 0.2) is 43.0 Å². The normalized spacial score (nSPS) is 13.2. The van der Waals surface area contributed by atoms with E-state index in [1.54, 1.807) is 17.1 Å². The van der Waals surface area contributed by atoms with Gasteiger partial charge in [-0.2, -0.15) is 5.10 Å². The molecular weight excluding hydrogens is 426 g/mol. The summed E-state index contributed by atoms with van der Waals surface area (Å²) in [7, 11) is 0. The van der Waals surface area contributed by atoms with E-state index in [-0.39, 0.29) is 17.5 Å². The van der Waals surface area contributed by atoms with Crippen LogP contribution >= 0.6 is 23.2 Å². The standard InChI is InChI=1S/C22H21Cl2FN4O/c1-12(19-17(23)4-5-18(25)20(19)24)16-9-27-21-15(16)6-13(7-26-21)14-8-28-29(10-14)22(2,3)11-30/h4-10,12,30H,11H2,1-3H3,(H,26,27)/t12-/m0/s1. The predicted octanol–water partition coefficient (Wildman–Crippen LogP) is 5.75. The van der Waals surface area contributed by atoms with E-state index >= 15 is 0 Å². The first kappa shape index (κ1) is 20.8. The lowest BCUT2D eigenvalue weighted by atomic mass is 9.92. The first-order valence-corrected chi connectivity index (χ1v) is 10.3. The Kier molecular flexibility index (Phi) is 5.34. The lowest BCUT2D eigenvalue weighted by Gasteiger charge is -2.22. The zero-order valence-electron chi connectivity index (χ0n) is 16.7. The van der Waals surface area contributed by atoms with E-state index in [2.05, 4.69) is 15.1 Å². The van der Waals surface area contributed by atoms with E-state index in [0.717, 1.165) is 22.1 Å². The van der Waals surface area contributed by atoms with Gasteiger partial charge in [-0.25, -0.2) is 9.37 Å². The van der Waals surface area contributed by atoms with Gasteiger partial charge in [0.1, 0.15) is 11.5 Å². The lowest BCUT2D eigenvalue weighted by molar-refractivity contribution is 0.152. The molecule has 0 aliphatic rings. The summed E-state index contributed by atoms with van der Waals surface area (Å²) in [5, 5.41) is 15.3. The molecular formula is C22H21Cl2FN4O. The van der Waals surface area contributed by atoms with Crippen LogP contribution < -0.4 is 0 Å². The second kappa shape index (κ2) is 7.69. The Morgan fingerprint density at radius 1 is 1.23 bits per heavy atom. The highest BCUT2D eigenvalue weighted by Crippen LogP contribution is 2.39. The van der Waals surface area contributed by atoms with Gasteiger partial charge in [0.25, 0.3) is 0 Å². The van der Waals surface area contributed by atoms with Crippen LogP contribution in [0, 0.1) is 5.82 Å². The van der Waals surface area contributed by atoms with E-state index < -0.39 is 11.4 Å². The van der Waals surface area contributed by atoms with E-state index in [4.69, 9.17) is 23.2 Å². The second-order valence-electron chi connectivity index (χ2n) is 7.99. The molecule has 30 heavy (non-hydrogen) atoms. The fraction of sp³-hybridized carbons (Fsp3) is 0.273. The summed E-state index contributed by atoms with van der Waals surface area (Å²) in [6, 6.07) is 4.80. The number of nitrogens with one attached hydrogen (secondary N) is 1. The third-order valence-electron chi connectivity index (χ3n) is 5.47. The average Bonchev–Trinajstić information content (AvgIpc) is 3.38. The Hall–Kier alpha value is -2.41. The number of H-pyrrole nitrogens is 1. The molecule has 5 nitrogen and oxygen atoms in total. The van der Waals surface area contributed by atoms with Crippen LogP contribution in [0.2, 0.25) is 10.0 Å². The van der Waals surface area contributed by atoms with Crippen LogP contribution in [0.1, 0.15) is 37.8 Å². The third-order valence-corrected chi connectivity index (χ3v) is 6.18. The number of benzene rings is 1.